The van der Waals surface area contributed by atoms with E-state index in [4.69, 9.17) is 10.1 Å². The smallest absolute Gasteiger partial charge is 0.197 e. The predicted molar refractivity (Wildman–Crippen MR) is 146 cm³/mol. The summed E-state index contributed by atoms with van der Waals surface area (Å²) in [5.74, 6) is 1.86. The third-order valence-corrected chi connectivity index (χ3v) is 6.83. The zero-order valence-electron chi connectivity index (χ0n) is 21.5. The van der Waals surface area contributed by atoms with E-state index in [2.05, 4.69) is 63.7 Å². The Kier molecular flexibility index (Phi) is 6.94. The Hall–Kier alpha value is -4.14. The molecule has 0 spiro atoms. The van der Waals surface area contributed by atoms with Crippen molar-refractivity contribution < 1.29 is 9.53 Å². The van der Waals surface area contributed by atoms with Crippen molar-refractivity contribution in [3.63, 3.8) is 0 Å². The van der Waals surface area contributed by atoms with Gasteiger partial charge in [0, 0.05) is 32.3 Å². The maximum Gasteiger partial charge on any atom is 0.197 e. The fourth-order valence-corrected chi connectivity index (χ4v) is 4.93. The maximum atomic E-state index is 13.3. The van der Waals surface area contributed by atoms with Crippen LogP contribution in [0.4, 0.5) is 11.4 Å². The molecule has 37 heavy (non-hydrogen) atoms. The number of anilines is 2. The molecule has 192 valence electrons. The van der Waals surface area contributed by atoms with E-state index in [-0.39, 0.29) is 5.78 Å². The van der Waals surface area contributed by atoms with Gasteiger partial charge in [0.15, 0.2) is 17.3 Å². The molecule has 1 atom stereocenters. The van der Waals surface area contributed by atoms with E-state index in [9.17, 15) is 4.79 Å². The quantitative estimate of drug-likeness (QED) is 0.437. The average Bonchev–Trinajstić information content (AvgIpc) is 3.50. The van der Waals surface area contributed by atoms with Gasteiger partial charge in [-0.15, -0.1) is 0 Å². The normalized spacial score (nSPS) is 22.2. The monoisotopic (exact) mass is 499 g/mol. The Labute approximate surface area is 216 Å². The number of hydrogen-bond donors (Lipinski definition) is 3. The van der Waals surface area contributed by atoms with Crippen molar-refractivity contribution in [3.05, 3.63) is 71.3 Å². The molecule has 3 N–H and O–H groups in total. The number of fused-ring (bicyclic) bond motifs is 7. The minimum Gasteiger partial charge on any atom is -0.479 e. The van der Waals surface area contributed by atoms with Crippen LogP contribution >= 0.6 is 0 Å². The fraction of sp³-hybridized carbons (Fsp3) is 0.357. The van der Waals surface area contributed by atoms with Crippen molar-refractivity contribution >= 4 is 34.6 Å². The van der Waals surface area contributed by atoms with Gasteiger partial charge in [0.2, 0.25) is 0 Å². The summed E-state index contributed by atoms with van der Waals surface area (Å²) >= 11 is 0. The van der Waals surface area contributed by atoms with Gasteiger partial charge in [0.25, 0.3) is 0 Å². The van der Waals surface area contributed by atoms with Crippen molar-refractivity contribution in [2.45, 2.75) is 39.5 Å². The van der Waals surface area contributed by atoms with Crippen molar-refractivity contribution in [2.75, 3.05) is 30.4 Å². The molecule has 9 nitrogen and oxygen atoms in total. The summed E-state index contributed by atoms with van der Waals surface area (Å²) in [4.78, 5) is 20.1. The molecule has 0 aliphatic carbocycles. The molecule has 4 heterocycles. The molecular weight excluding hydrogens is 466 g/mol. The fourth-order valence-electron chi connectivity index (χ4n) is 4.93. The van der Waals surface area contributed by atoms with Crippen LogP contribution in [0.25, 0.3) is 11.2 Å². The molecule has 0 fully saturated rings. The van der Waals surface area contributed by atoms with Gasteiger partial charge in [-0.2, -0.15) is 5.10 Å². The Morgan fingerprint density at radius 1 is 1.27 bits per heavy atom. The summed E-state index contributed by atoms with van der Waals surface area (Å²) in [6.07, 6.45) is 7.75. The molecule has 2 aliphatic rings. The number of nitrogens with zero attached hydrogens (tertiary/aromatic N) is 4. The first-order valence-corrected chi connectivity index (χ1v) is 12.8. The number of hydrogen-bond acceptors (Lipinski definition) is 8. The second-order valence-corrected chi connectivity index (χ2v) is 9.67. The molecule has 1 aromatic carbocycles. The molecule has 3 aromatic rings. The minimum absolute atomic E-state index is 0.0614. The zero-order valence-corrected chi connectivity index (χ0v) is 21.5. The molecule has 2 aromatic heterocycles. The predicted octanol–water partition coefficient (Wildman–Crippen LogP) is 4.76. The first kappa shape index (κ1) is 24.5. The first-order valence-electron chi connectivity index (χ1n) is 12.8. The first-order chi connectivity index (χ1) is 18.0. The Morgan fingerprint density at radius 3 is 2.95 bits per heavy atom. The lowest BCUT2D eigenvalue weighted by Gasteiger charge is -2.24. The standard InChI is InChI=1S/C28H33N7O2/c1-18-9-10-21-24(14-18)34-17-19(2)6-5-13-37-28(30-3)20(16-29)23-15-22(33-27-11-12-31-35(23)27)25(36)7-4-8-26(34)32-21/h8-12,14-16,19,29-30,32H,4-7,13,17H2,1-3H3/b26-8+,28-20-,29-16?/t19-/m1/s1. The number of allylic oxidation sites excluding steroid dienone is 2. The molecule has 0 unspecified atom stereocenters. The molecule has 2 bridgehead atoms. The van der Waals surface area contributed by atoms with Crippen LogP contribution in [0.1, 0.15) is 54.4 Å². The van der Waals surface area contributed by atoms with Crippen LogP contribution in [0.15, 0.2) is 54.3 Å². The zero-order chi connectivity index (χ0) is 25.9. The molecule has 0 amide bonds. The highest BCUT2D eigenvalue weighted by Crippen LogP contribution is 2.38. The Balaban J connectivity index is 1.53. The molecule has 0 saturated carbocycles. The number of carbonyl (C=O) groups is 1. The van der Waals surface area contributed by atoms with E-state index in [0.29, 0.717) is 53.9 Å². The number of aromatic nitrogens is 3. The van der Waals surface area contributed by atoms with E-state index in [1.165, 1.54) is 17.5 Å². The van der Waals surface area contributed by atoms with Crippen LogP contribution in [0, 0.1) is 18.3 Å². The van der Waals surface area contributed by atoms with Gasteiger partial charge < -0.3 is 25.7 Å². The average molecular weight is 500 g/mol. The number of rotatable bonds is 2. The van der Waals surface area contributed by atoms with Gasteiger partial charge in [-0.3, -0.25) is 4.79 Å². The topological polar surface area (TPSA) is 108 Å². The lowest BCUT2D eigenvalue weighted by atomic mass is 10.0. The highest BCUT2D eigenvalue weighted by molar-refractivity contribution is 6.09. The molecule has 0 saturated heterocycles. The van der Waals surface area contributed by atoms with Gasteiger partial charge in [-0.05, 0) is 61.9 Å². The molecular formula is C28H33N7O2. The van der Waals surface area contributed by atoms with E-state index in [0.717, 1.165) is 30.9 Å². The van der Waals surface area contributed by atoms with Crippen molar-refractivity contribution in [1.82, 2.24) is 19.9 Å². The van der Waals surface area contributed by atoms with Gasteiger partial charge in [-0.25, -0.2) is 9.50 Å². The van der Waals surface area contributed by atoms with Crippen LogP contribution in [0.5, 0.6) is 0 Å². The molecule has 9 heteroatoms. The van der Waals surface area contributed by atoms with Gasteiger partial charge in [-0.1, -0.05) is 13.0 Å². The summed E-state index contributed by atoms with van der Waals surface area (Å²) in [5, 5.41) is 19.1. The minimum atomic E-state index is -0.0614. The van der Waals surface area contributed by atoms with Gasteiger partial charge in [0.05, 0.1) is 35.4 Å². The summed E-state index contributed by atoms with van der Waals surface area (Å²) in [7, 11) is 1.77. The van der Waals surface area contributed by atoms with E-state index >= 15 is 0 Å². The molecule has 2 aliphatic heterocycles. The Morgan fingerprint density at radius 2 is 2.14 bits per heavy atom. The second kappa shape index (κ2) is 10.5. The van der Waals surface area contributed by atoms with E-state index in [1.807, 2.05) is 0 Å². The number of Topliss-reactive ketones (excluding diaryl/α,β-unsaturated/α-hetero) is 1. The number of benzene rings is 1. The molecule has 5 rings (SSSR count). The van der Waals surface area contributed by atoms with Gasteiger partial charge in [0.1, 0.15) is 11.5 Å². The summed E-state index contributed by atoms with van der Waals surface area (Å²) in [6, 6.07) is 9.90. The number of ketones is 1. The molecule has 0 radical (unpaired) electrons. The number of aryl methyl sites for hydroxylation is 1. The third kappa shape index (κ3) is 4.94. The van der Waals surface area contributed by atoms with Crippen molar-refractivity contribution in [2.24, 2.45) is 5.92 Å². The number of carbonyl (C=O) groups excluding carboxylic acids is 1. The van der Waals surface area contributed by atoms with Crippen LogP contribution in [-0.4, -0.2) is 46.8 Å². The second-order valence-electron chi connectivity index (χ2n) is 9.67. The summed E-state index contributed by atoms with van der Waals surface area (Å²) < 4.78 is 7.74. The summed E-state index contributed by atoms with van der Waals surface area (Å²) in [6.45, 7) is 5.73. The van der Waals surface area contributed by atoms with E-state index in [1.54, 1.807) is 29.9 Å². The number of nitrogens with one attached hydrogen (secondary N) is 3. The van der Waals surface area contributed by atoms with Gasteiger partial charge >= 0.3 is 0 Å². The maximum absolute atomic E-state index is 13.3. The highest BCUT2D eigenvalue weighted by Gasteiger charge is 2.25. The largest absolute Gasteiger partial charge is 0.479 e. The van der Waals surface area contributed by atoms with Crippen molar-refractivity contribution in [1.29, 1.82) is 5.41 Å². The lowest BCUT2D eigenvalue weighted by molar-refractivity contribution is 0.0979. The van der Waals surface area contributed by atoms with E-state index < -0.39 is 0 Å². The SMILES string of the molecule is CN/C1=C(\C=N)c2cc(nc3ccnn23)C(=O)CC/C=C2\Nc3ccc(C)cc3N2C[C@H](C)CCCO1. The Bertz CT molecular complexity index is 1400. The highest BCUT2D eigenvalue weighted by atomic mass is 16.5. The van der Waals surface area contributed by atoms with Crippen LogP contribution < -0.4 is 15.5 Å². The van der Waals surface area contributed by atoms with Crippen LogP contribution in [0.3, 0.4) is 0 Å². The number of ether oxygens (including phenoxy) is 1. The third-order valence-electron chi connectivity index (χ3n) is 6.83. The van der Waals surface area contributed by atoms with Crippen LogP contribution in [0.2, 0.25) is 0 Å². The van der Waals surface area contributed by atoms with Crippen molar-refractivity contribution in [3.8, 4) is 0 Å². The summed E-state index contributed by atoms with van der Waals surface area (Å²) in [5.41, 5.74) is 5.49. The van der Waals surface area contributed by atoms with Crippen LogP contribution in [-0.2, 0) is 4.74 Å². The lowest BCUT2D eigenvalue weighted by Crippen LogP contribution is -2.27.